The number of thiazole rings is 1. The van der Waals surface area contributed by atoms with Crippen LogP contribution in [0, 0.1) is 12.7 Å². The van der Waals surface area contributed by atoms with Crippen molar-refractivity contribution in [3.63, 3.8) is 0 Å². The van der Waals surface area contributed by atoms with E-state index in [1.165, 1.54) is 23.5 Å². The molecule has 0 saturated carbocycles. The molecule has 1 aliphatic carbocycles. The van der Waals surface area contributed by atoms with Gasteiger partial charge in [0.1, 0.15) is 11.5 Å². The van der Waals surface area contributed by atoms with E-state index < -0.39 is 0 Å². The van der Waals surface area contributed by atoms with Gasteiger partial charge in [-0.1, -0.05) is 65.4 Å². The van der Waals surface area contributed by atoms with E-state index in [0.717, 1.165) is 27.1 Å². The third-order valence-electron chi connectivity index (χ3n) is 5.38. The third kappa shape index (κ3) is 2.40. The van der Waals surface area contributed by atoms with Gasteiger partial charge in [0.15, 0.2) is 5.78 Å². The van der Waals surface area contributed by atoms with Gasteiger partial charge in [0, 0.05) is 16.7 Å². The lowest BCUT2D eigenvalue weighted by Crippen LogP contribution is -2.00. The number of carbonyl (C=O) groups excluding carboxylic acids is 1. The minimum Gasteiger partial charge on any atom is -0.288 e. The van der Waals surface area contributed by atoms with Gasteiger partial charge in [-0.15, -0.1) is 0 Å². The smallest absolute Gasteiger partial charge is 0.212 e. The lowest BCUT2D eigenvalue weighted by Gasteiger charge is -2.03. The number of benzene rings is 3. The summed E-state index contributed by atoms with van der Waals surface area (Å²) in [7, 11) is 0. The normalized spacial score (nSPS) is 12.4. The predicted octanol–water partition coefficient (Wildman–Crippen LogP) is 5.81. The number of aromatic nitrogens is 3. The summed E-state index contributed by atoms with van der Waals surface area (Å²) >= 11 is 1.36. The molecule has 0 atom stereocenters. The average Bonchev–Trinajstić information content (AvgIpc) is 3.42. The van der Waals surface area contributed by atoms with Crippen LogP contribution in [0.3, 0.4) is 0 Å². The van der Waals surface area contributed by atoms with Crippen LogP contribution in [-0.2, 0) is 0 Å². The monoisotopic (exact) mass is 411 g/mol. The van der Waals surface area contributed by atoms with Gasteiger partial charge in [0.25, 0.3) is 0 Å². The molecule has 2 heterocycles. The molecule has 144 valence electrons. The van der Waals surface area contributed by atoms with Crippen molar-refractivity contribution in [2.24, 2.45) is 0 Å². The Labute approximate surface area is 175 Å². The molecule has 4 nitrogen and oxygen atoms in total. The van der Waals surface area contributed by atoms with Crippen molar-refractivity contribution < 1.29 is 9.18 Å². The summed E-state index contributed by atoms with van der Waals surface area (Å²) in [5.41, 5.74) is 6.19. The van der Waals surface area contributed by atoms with Crippen LogP contribution in [-0.4, -0.2) is 20.5 Å². The summed E-state index contributed by atoms with van der Waals surface area (Å²) in [6, 6.07) is 20.1. The Morgan fingerprint density at radius 2 is 1.73 bits per heavy atom. The van der Waals surface area contributed by atoms with Crippen molar-refractivity contribution >= 4 is 27.3 Å². The number of hydrogen-bond acceptors (Lipinski definition) is 4. The molecule has 0 bridgehead atoms. The first-order valence-corrected chi connectivity index (χ1v) is 10.3. The fourth-order valence-electron chi connectivity index (χ4n) is 3.93. The number of nitrogens with zero attached hydrogens (tertiary/aromatic N) is 3. The molecule has 0 radical (unpaired) electrons. The summed E-state index contributed by atoms with van der Waals surface area (Å²) in [5, 5.41) is 5.43. The Morgan fingerprint density at radius 3 is 2.53 bits per heavy atom. The van der Waals surface area contributed by atoms with E-state index in [0.29, 0.717) is 27.5 Å². The SMILES string of the molecule is Cc1ccc(-c2nn(-c3nc4ccc(F)cc4s3)c3c2C(=O)c2ccccc2-3)cc1. The number of carbonyl (C=O) groups is 1. The molecular weight excluding hydrogens is 397 g/mol. The fraction of sp³-hybridized carbons (Fsp3) is 0.0417. The molecule has 0 saturated heterocycles. The van der Waals surface area contributed by atoms with E-state index in [1.54, 1.807) is 10.7 Å². The minimum atomic E-state index is -0.302. The second-order valence-electron chi connectivity index (χ2n) is 7.33. The highest BCUT2D eigenvalue weighted by molar-refractivity contribution is 7.20. The van der Waals surface area contributed by atoms with Crippen LogP contribution in [0.15, 0.2) is 66.7 Å². The summed E-state index contributed by atoms with van der Waals surface area (Å²) in [6.45, 7) is 2.02. The largest absolute Gasteiger partial charge is 0.288 e. The zero-order chi connectivity index (χ0) is 20.4. The molecule has 0 aliphatic heterocycles. The number of halogens is 1. The van der Waals surface area contributed by atoms with E-state index in [-0.39, 0.29) is 11.6 Å². The van der Waals surface area contributed by atoms with Crippen molar-refractivity contribution in [1.82, 2.24) is 14.8 Å². The number of fused-ring (bicyclic) bond motifs is 4. The van der Waals surface area contributed by atoms with Crippen molar-refractivity contribution in [2.75, 3.05) is 0 Å². The Morgan fingerprint density at radius 1 is 0.967 bits per heavy atom. The van der Waals surface area contributed by atoms with Crippen molar-refractivity contribution in [1.29, 1.82) is 0 Å². The fourth-order valence-corrected chi connectivity index (χ4v) is 4.88. The summed E-state index contributed by atoms with van der Waals surface area (Å²) in [4.78, 5) is 18.0. The molecule has 3 aromatic carbocycles. The van der Waals surface area contributed by atoms with E-state index in [2.05, 4.69) is 4.98 Å². The Kier molecular flexibility index (Phi) is 3.55. The summed E-state index contributed by atoms with van der Waals surface area (Å²) in [6.07, 6.45) is 0. The van der Waals surface area contributed by atoms with Crippen molar-refractivity contribution in [2.45, 2.75) is 6.92 Å². The topological polar surface area (TPSA) is 47.8 Å². The van der Waals surface area contributed by atoms with Gasteiger partial charge < -0.3 is 0 Å². The van der Waals surface area contributed by atoms with Crippen LogP contribution in [0.1, 0.15) is 21.5 Å². The molecule has 0 N–H and O–H groups in total. The molecule has 0 unspecified atom stereocenters. The average molecular weight is 411 g/mol. The Bertz CT molecular complexity index is 1480. The molecule has 2 aromatic heterocycles. The maximum absolute atomic E-state index is 13.7. The quantitative estimate of drug-likeness (QED) is 0.361. The van der Waals surface area contributed by atoms with Gasteiger partial charge in [-0.05, 0) is 25.1 Å². The van der Waals surface area contributed by atoms with Crippen LogP contribution >= 0.6 is 11.3 Å². The first-order chi connectivity index (χ1) is 14.6. The van der Waals surface area contributed by atoms with E-state index >= 15 is 0 Å². The third-order valence-corrected chi connectivity index (χ3v) is 6.38. The van der Waals surface area contributed by atoms with Crippen LogP contribution < -0.4 is 0 Å². The van der Waals surface area contributed by atoms with Crippen LogP contribution in [0.2, 0.25) is 0 Å². The van der Waals surface area contributed by atoms with Gasteiger partial charge in [0.05, 0.1) is 21.5 Å². The van der Waals surface area contributed by atoms with Crippen LogP contribution in [0.25, 0.3) is 37.9 Å². The Hall–Kier alpha value is -3.64. The lowest BCUT2D eigenvalue weighted by molar-refractivity contribution is 0.104. The second-order valence-corrected chi connectivity index (χ2v) is 8.34. The highest BCUT2D eigenvalue weighted by Gasteiger charge is 2.35. The minimum absolute atomic E-state index is 0.0328. The lowest BCUT2D eigenvalue weighted by atomic mass is 10.0. The van der Waals surface area contributed by atoms with E-state index in [4.69, 9.17) is 5.10 Å². The number of ketones is 1. The molecule has 6 rings (SSSR count). The highest BCUT2D eigenvalue weighted by atomic mass is 32.1. The van der Waals surface area contributed by atoms with E-state index in [9.17, 15) is 9.18 Å². The highest BCUT2D eigenvalue weighted by Crippen LogP contribution is 2.43. The first kappa shape index (κ1) is 17.2. The zero-order valence-corrected chi connectivity index (χ0v) is 16.7. The van der Waals surface area contributed by atoms with Crippen LogP contribution in [0.5, 0.6) is 0 Å². The number of rotatable bonds is 2. The van der Waals surface area contributed by atoms with Gasteiger partial charge in [-0.25, -0.2) is 14.1 Å². The molecule has 6 heteroatoms. The molecular formula is C24H14FN3OS. The zero-order valence-electron chi connectivity index (χ0n) is 15.9. The Balaban J connectivity index is 1.66. The molecule has 1 aliphatic rings. The van der Waals surface area contributed by atoms with Crippen molar-refractivity contribution in [3.8, 4) is 27.6 Å². The van der Waals surface area contributed by atoms with Gasteiger partial charge in [-0.2, -0.15) is 5.10 Å². The molecule has 0 fully saturated rings. The van der Waals surface area contributed by atoms with Gasteiger partial charge in [-0.3, -0.25) is 4.79 Å². The summed E-state index contributed by atoms with van der Waals surface area (Å²) in [5.74, 6) is -0.334. The second kappa shape index (κ2) is 6.18. The van der Waals surface area contributed by atoms with Crippen LogP contribution in [0.4, 0.5) is 4.39 Å². The van der Waals surface area contributed by atoms with E-state index in [1.807, 2.05) is 55.5 Å². The molecule has 0 amide bonds. The van der Waals surface area contributed by atoms with Gasteiger partial charge >= 0.3 is 0 Å². The maximum atomic E-state index is 13.7. The molecule has 30 heavy (non-hydrogen) atoms. The summed E-state index contributed by atoms with van der Waals surface area (Å²) < 4.78 is 16.2. The predicted molar refractivity (Wildman–Crippen MR) is 116 cm³/mol. The number of hydrogen-bond donors (Lipinski definition) is 0. The standard InChI is InChI=1S/C24H14FN3OS/c1-13-6-8-14(9-7-13)21-20-22(16-4-2-3-5-17(16)23(20)29)28(27-21)24-26-18-11-10-15(25)12-19(18)30-24/h2-12H,1H3. The van der Waals surface area contributed by atoms with Crippen molar-refractivity contribution in [3.05, 3.63) is 89.2 Å². The molecule has 0 spiro atoms. The maximum Gasteiger partial charge on any atom is 0.212 e. The first-order valence-electron chi connectivity index (χ1n) is 9.51. The van der Waals surface area contributed by atoms with Gasteiger partial charge in [0.2, 0.25) is 5.13 Å². The molecule has 5 aromatic rings. The number of aryl methyl sites for hydroxylation is 1.